The van der Waals surface area contributed by atoms with E-state index < -0.39 is 7.82 Å². The Morgan fingerprint density at radius 2 is 1.12 bits per heavy atom. The zero-order valence-corrected chi connectivity index (χ0v) is 4.32. The number of hydrogen-bond donors (Lipinski definition) is 3. The van der Waals surface area contributed by atoms with E-state index in [-0.39, 0.29) is 54.3 Å². The standard InChI is InChI=1S/ClH.Li.Mg.H3O4P.3H/c;;;1-5(2,3)4;;;/h1H;;;(H3,1,2,3,4);;;. The molecule has 46 valence electrons. The molecule has 0 aromatic heterocycles. The van der Waals surface area contributed by atoms with E-state index in [4.69, 9.17) is 19.2 Å². The molecule has 0 radical (unpaired) electrons. The van der Waals surface area contributed by atoms with Crippen LogP contribution >= 0.6 is 20.2 Å². The van der Waals surface area contributed by atoms with Crippen molar-refractivity contribution in [3.63, 3.8) is 0 Å². The van der Waals surface area contributed by atoms with E-state index in [1.54, 1.807) is 0 Å². The average Bonchev–Trinajstić information content (AvgIpc) is 0.722. The van der Waals surface area contributed by atoms with Gasteiger partial charge in [-0.15, -0.1) is 12.4 Å². The Morgan fingerprint density at radius 1 is 1.12 bits per heavy atom. The van der Waals surface area contributed by atoms with Gasteiger partial charge in [0.2, 0.25) is 0 Å². The molecule has 8 heteroatoms. The Bertz CT molecular complexity index is 62.2. The van der Waals surface area contributed by atoms with E-state index in [0.29, 0.717) is 0 Å². The van der Waals surface area contributed by atoms with Crippen LogP contribution in [0.3, 0.4) is 0 Å². The first kappa shape index (κ1) is 22.6. The van der Waals surface area contributed by atoms with E-state index >= 15 is 0 Å². The topological polar surface area (TPSA) is 77.8 Å². The molecule has 0 fully saturated rings. The first-order chi connectivity index (χ1) is 2.00. The van der Waals surface area contributed by atoms with E-state index in [2.05, 4.69) is 0 Å². The van der Waals surface area contributed by atoms with Crippen LogP contribution in [0.4, 0.5) is 0 Å². The molecule has 0 aromatic rings. The molecule has 0 aromatic carbocycles. The molecule has 0 aliphatic heterocycles. The SMILES string of the molecule is Cl.O=P(O)(O)O.[LiH].[MgH2]. The van der Waals surface area contributed by atoms with Gasteiger partial charge >= 0.3 is 49.7 Å². The number of rotatable bonds is 0. The second kappa shape index (κ2) is 8.76. The van der Waals surface area contributed by atoms with Gasteiger partial charge in [0.1, 0.15) is 0 Å². The van der Waals surface area contributed by atoms with Crippen molar-refractivity contribution >= 4 is 62.1 Å². The van der Waals surface area contributed by atoms with Crippen LogP contribution in [0.25, 0.3) is 0 Å². The first-order valence-electron chi connectivity index (χ1n) is 0.783. The van der Waals surface area contributed by atoms with Crippen LogP contribution in [-0.4, -0.2) is 56.6 Å². The van der Waals surface area contributed by atoms with Crippen molar-refractivity contribution in [2.45, 2.75) is 0 Å². The van der Waals surface area contributed by atoms with Crippen LogP contribution in [0.2, 0.25) is 0 Å². The van der Waals surface area contributed by atoms with Gasteiger partial charge in [-0.2, -0.15) is 0 Å². The summed E-state index contributed by atoms with van der Waals surface area (Å²) in [6, 6.07) is 0. The molecule has 0 unspecified atom stereocenters. The van der Waals surface area contributed by atoms with E-state index in [9.17, 15) is 0 Å². The molecular weight excluding hydrogens is 162 g/mol. The summed E-state index contributed by atoms with van der Waals surface area (Å²) >= 11 is 0. The molecule has 4 nitrogen and oxygen atoms in total. The van der Waals surface area contributed by atoms with Crippen molar-refractivity contribution in [3.05, 3.63) is 0 Å². The molecule has 0 amide bonds. The maximum absolute atomic E-state index is 8.88. The minimum absolute atomic E-state index is 0. The monoisotopic (exact) mass is 168 g/mol. The molecule has 0 rings (SSSR count). The second-order valence-corrected chi connectivity index (χ2v) is 1.54. The fourth-order valence-electron chi connectivity index (χ4n) is 0. The van der Waals surface area contributed by atoms with Crippen molar-refractivity contribution in [2.75, 3.05) is 0 Å². The third-order valence-corrected chi connectivity index (χ3v) is 0. The van der Waals surface area contributed by atoms with Crippen LogP contribution in [0.1, 0.15) is 0 Å². The quantitative estimate of drug-likeness (QED) is 0.287. The van der Waals surface area contributed by atoms with Crippen molar-refractivity contribution in [2.24, 2.45) is 0 Å². The fraction of sp³-hybridized carbons (Fsp3) is 0. The summed E-state index contributed by atoms with van der Waals surface area (Å²) in [6.45, 7) is 0. The molecule has 0 aliphatic rings. The molecule has 0 aliphatic carbocycles. The van der Waals surface area contributed by atoms with Crippen LogP contribution < -0.4 is 0 Å². The predicted molar refractivity (Wildman–Crippen MR) is 37.2 cm³/mol. The first-order valence-corrected chi connectivity index (χ1v) is 2.35. The van der Waals surface area contributed by atoms with E-state index in [0.717, 1.165) is 0 Å². The van der Waals surface area contributed by atoms with Gasteiger partial charge in [-0.25, -0.2) is 4.57 Å². The zero-order valence-electron chi connectivity index (χ0n) is 2.61. The molecular formula is H7ClLiMgO4P. The summed E-state index contributed by atoms with van der Waals surface area (Å²) in [5.41, 5.74) is 0. The van der Waals surface area contributed by atoms with Gasteiger partial charge in [0, 0.05) is 0 Å². The van der Waals surface area contributed by atoms with Crippen LogP contribution in [0, 0.1) is 0 Å². The Morgan fingerprint density at radius 3 is 1.12 bits per heavy atom. The smallest absolute Gasteiger partial charge is 0.316 e. The van der Waals surface area contributed by atoms with Gasteiger partial charge < -0.3 is 14.7 Å². The molecule has 8 heavy (non-hydrogen) atoms. The summed E-state index contributed by atoms with van der Waals surface area (Å²) in [5, 5.41) is 0. The van der Waals surface area contributed by atoms with Gasteiger partial charge in [0.05, 0.1) is 0 Å². The Hall–Kier alpha value is 1.76. The van der Waals surface area contributed by atoms with Crippen molar-refractivity contribution < 1.29 is 19.2 Å². The molecule has 0 saturated carbocycles. The summed E-state index contributed by atoms with van der Waals surface area (Å²) in [6.07, 6.45) is 0. The predicted octanol–water partition coefficient (Wildman–Crippen LogP) is -2.07. The van der Waals surface area contributed by atoms with Gasteiger partial charge in [-0.05, 0) is 0 Å². The average molecular weight is 169 g/mol. The molecule has 0 spiro atoms. The third-order valence-electron chi connectivity index (χ3n) is 0. The minimum atomic E-state index is -4.64. The van der Waals surface area contributed by atoms with Gasteiger partial charge in [0.15, 0.2) is 0 Å². The van der Waals surface area contributed by atoms with Crippen molar-refractivity contribution in [3.8, 4) is 0 Å². The number of phosphoric acid groups is 1. The normalized spacial score (nSPS) is 7.38. The minimum Gasteiger partial charge on any atom is 0.316 e. The summed E-state index contributed by atoms with van der Waals surface area (Å²) in [5.74, 6) is 0. The van der Waals surface area contributed by atoms with Crippen molar-refractivity contribution in [1.29, 1.82) is 0 Å². The maximum Gasteiger partial charge on any atom is 0.316 e. The molecule has 0 atom stereocenters. The Balaban J connectivity index is -0.0000000267. The Kier molecular flexibility index (Phi) is 24.7. The number of halogens is 1. The third kappa shape index (κ3) is 114. The fourth-order valence-corrected chi connectivity index (χ4v) is 0. The number of hydrogen-bond acceptors (Lipinski definition) is 1. The second-order valence-electron chi connectivity index (χ2n) is 0.513. The van der Waals surface area contributed by atoms with Gasteiger partial charge in [-0.3, -0.25) is 0 Å². The zero-order chi connectivity index (χ0) is 4.50. The van der Waals surface area contributed by atoms with Crippen LogP contribution in [0.15, 0.2) is 0 Å². The van der Waals surface area contributed by atoms with Crippen LogP contribution in [0.5, 0.6) is 0 Å². The van der Waals surface area contributed by atoms with Crippen LogP contribution in [-0.2, 0) is 4.57 Å². The Labute approximate surface area is 81.0 Å². The summed E-state index contributed by atoms with van der Waals surface area (Å²) < 4.78 is 8.88. The maximum atomic E-state index is 8.88. The van der Waals surface area contributed by atoms with Gasteiger partial charge in [-0.1, -0.05) is 0 Å². The van der Waals surface area contributed by atoms with E-state index in [1.165, 1.54) is 0 Å². The van der Waals surface area contributed by atoms with Crippen molar-refractivity contribution in [1.82, 2.24) is 0 Å². The molecule has 3 N–H and O–H groups in total. The molecule has 0 saturated heterocycles. The summed E-state index contributed by atoms with van der Waals surface area (Å²) in [7, 11) is -4.64. The summed E-state index contributed by atoms with van der Waals surface area (Å²) in [4.78, 5) is 21.6. The van der Waals surface area contributed by atoms with E-state index in [1.807, 2.05) is 0 Å². The largest absolute Gasteiger partial charge is 0.316 e. The molecule has 0 heterocycles. The molecule has 0 bridgehead atoms. The van der Waals surface area contributed by atoms with Gasteiger partial charge in [0.25, 0.3) is 0 Å².